The number of rotatable bonds is 4. The van der Waals surface area contributed by atoms with Gasteiger partial charge in [0.05, 0.1) is 29.4 Å². The summed E-state index contributed by atoms with van der Waals surface area (Å²) in [5.74, 6) is -1.13. The van der Waals surface area contributed by atoms with Crippen molar-refractivity contribution >= 4 is 28.5 Å². The Kier molecular flexibility index (Phi) is 4.24. The van der Waals surface area contributed by atoms with Gasteiger partial charge in [-0.15, -0.1) is 0 Å². The third kappa shape index (κ3) is 2.97. The van der Waals surface area contributed by atoms with Crippen molar-refractivity contribution in [2.75, 3.05) is 0 Å². The smallest absolute Gasteiger partial charge is 0.0995 e. The van der Waals surface area contributed by atoms with Crippen molar-refractivity contribution in [1.82, 2.24) is 9.78 Å². The molecule has 0 aliphatic heterocycles. The maximum absolute atomic E-state index is 10.8. The van der Waals surface area contributed by atoms with Gasteiger partial charge in [0, 0.05) is 28.4 Å². The van der Waals surface area contributed by atoms with Crippen LogP contribution in [0.25, 0.3) is 10.9 Å². The largest absolute Gasteiger partial charge is 0.550 e. The number of halogens is 1. The average molecular weight is 339 g/mol. The van der Waals surface area contributed by atoms with E-state index in [9.17, 15) is 15.2 Å². The molecular formula is C18H13ClN3O2-. The first-order valence-corrected chi connectivity index (χ1v) is 7.70. The Hall–Kier alpha value is -2.84. The van der Waals surface area contributed by atoms with Crippen molar-refractivity contribution < 1.29 is 9.90 Å². The lowest BCUT2D eigenvalue weighted by Crippen LogP contribution is -2.24. The second-order valence-corrected chi connectivity index (χ2v) is 5.93. The molecule has 0 saturated heterocycles. The number of aliphatic carboxylic acids is 1. The summed E-state index contributed by atoms with van der Waals surface area (Å²) in [6.45, 7) is 2.22. The summed E-state index contributed by atoms with van der Waals surface area (Å²) in [4.78, 5) is 10.8. The number of aryl methyl sites for hydroxylation is 1. The number of hydrogen-bond acceptors (Lipinski definition) is 4. The van der Waals surface area contributed by atoms with E-state index >= 15 is 0 Å². The molecule has 3 rings (SSSR count). The molecule has 1 heterocycles. The second kappa shape index (κ2) is 6.34. The molecule has 0 aliphatic carbocycles. The van der Waals surface area contributed by atoms with Crippen LogP contribution >= 0.6 is 11.6 Å². The van der Waals surface area contributed by atoms with Gasteiger partial charge in [0.1, 0.15) is 0 Å². The van der Waals surface area contributed by atoms with Crippen molar-refractivity contribution in [2.24, 2.45) is 0 Å². The number of carboxylic acid groups (broad SMARTS) is 1. The normalized spacial score (nSPS) is 10.7. The maximum atomic E-state index is 10.8. The van der Waals surface area contributed by atoms with Crippen LogP contribution in [0.4, 0.5) is 0 Å². The minimum Gasteiger partial charge on any atom is -0.550 e. The van der Waals surface area contributed by atoms with Crippen LogP contribution in [0.1, 0.15) is 22.4 Å². The van der Waals surface area contributed by atoms with Crippen LogP contribution in [-0.2, 0) is 17.8 Å². The van der Waals surface area contributed by atoms with Crippen molar-refractivity contribution in [3.63, 3.8) is 0 Å². The molecule has 5 nitrogen and oxygen atoms in total. The van der Waals surface area contributed by atoms with E-state index in [-0.39, 0.29) is 6.42 Å². The lowest BCUT2D eigenvalue weighted by molar-refractivity contribution is -0.304. The van der Waals surface area contributed by atoms with Gasteiger partial charge in [0.25, 0.3) is 0 Å². The first kappa shape index (κ1) is 16.0. The fraction of sp³-hybridized carbons (Fsp3) is 0.167. The molecule has 0 fully saturated rings. The monoisotopic (exact) mass is 338 g/mol. The number of benzene rings is 2. The molecule has 0 atom stereocenters. The van der Waals surface area contributed by atoms with E-state index in [1.165, 1.54) is 0 Å². The number of carbonyl (C=O) groups is 1. The summed E-state index contributed by atoms with van der Waals surface area (Å²) in [5.41, 5.74) is 3.46. The number of aromatic nitrogens is 2. The van der Waals surface area contributed by atoms with E-state index in [1.807, 2.05) is 13.0 Å². The van der Waals surface area contributed by atoms with Gasteiger partial charge in [-0.25, -0.2) is 0 Å². The van der Waals surface area contributed by atoms with Crippen LogP contribution in [0.15, 0.2) is 36.4 Å². The maximum Gasteiger partial charge on any atom is 0.0995 e. The molecule has 0 amide bonds. The molecule has 1 aromatic heterocycles. The topological polar surface area (TPSA) is 81.7 Å². The Labute approximate surface area is 143 Å². The van der Waals surface area contributed by atoms with Crippen molar-refractivity contribution in [2.45, 2.75) is 19.9 Å². The zero-order valence-electron chi connectivity index (χ0n) is 12.9. The SMILES string of the molecule is Cc1nn(Cc2c(Cl)cccc2C#N)c2cc(CC(=O)[O-])ccc12. The van der Waals surface area contributed by atoms with Gasteiger partial charge in [-0.05, 0) is 30.7 Å². The summed E-state index contributed by atoms with van der Waals surface area (Å²) >= 11 is 6.24. The summed E-state index contributed by atoms with van der Waals surface area (Å²) in [5, 5.41) is 26.0. The van der Waals surface area contributed by atoms with Crippen LogP contribution in [0.5, 0.6) is 0 Å². The number of carbonyl (C=O) groups excluding carboxylic acids is 1. The van der Waals surface area contributed by atoms with Crippen LogP contribution in [0.2, 0.25) is 5.02 Å². The van der Waals surface area contributed by atoms with Gasteiger partial charge in [-0.3, -0.25) is 4.68 Å². The number of fused-ring (bicyclic) bond motifs is 1. The molecule has 0 bridgehead atoms. The number of hydrogen-bond donors (Lipinski definition) is 0. The lowest BCUT2D eigenvalue weighted by atomic mass is 10.1. The highest BCUT2D eigenvalue weighted by Gasteiger charge is 2.13. The van der Waals surface area contributed by atoms with E-state index in [0.29, 0.717) is 28.3 Å². The number of nitrogens with zero attached hydrogens (tertiary/aromatic N) is 3. The Balaban J connectivity index is 2.10. The average Bonchev–Trinajstić information content (AvgIpc) is 2.84. The summed E-state index contributed by atoms with van der Waals surface area (Å²) in [7, 11) is 0. The zero-order valence-corrected chi connectivity index (χ0v) is 13.7. The van der Waals surface area contributed by atoms with Gasteiger partial charge in [0.15, 0.2) is 0 Å². The van der Waals surface area contributed by atoms with Crippen LogP contribution in [-0.4, -0.2) is 15.7 Å². The molecule has 24 heavy (non-hydrogen) atoms. The van der Waals surface area contributed by atoms with Crippen LogP contribution in [0.3, 0.4) is 0 Å². The van der Waals surface area contributed by atoms with Gasteiger partial charge < -0.3 is 9.90 Å². The minimum absolute atomic E-state index is 0.157. The predicted octanol–water partition coefficient (Wildman–Crippen LogP) is 2.21. The van der Waals surface area contributed by atoms with E-state index in [0.717, 1.165) is 16.6 Å². The Morgan fingerprint density at radius 1 is 1.38 bits per heavy atom. The summed E-state index contributed by atoms with van der Waals surface area (Å²) in [6, 6.07) is 12.7. The highest BCUT2D eigenvalue weighted by molar-refractivity contribution is 6.31. The van der Waals surface area contributed by atoms with E-state index in [1.54, 1.807) is 35.0 Å². The Bertz CT molecular complexity index is 986. The van der Waals surface area contributed by atoms with Gasteiger partial charge in [-0.1, -0.05) is 29.8 Å². The van der Waals surface area contributed by atoms with Crippen molar-refractivity contribution in [3.05, 3.63) is 63.8 Å². The van der Waals surface area contributed by atoms with E-state index in [2.05, 4.69) is 11.2 Å². The lowest BCUT2D eigenvalue weighted by Gasteiger charge is -2.09. The minimum atomic E-state index is -1.13. The molecule has 0 N–H and O–H groups in total. The first-order chi connectivity index (χ1) is 11.5. The Morgan fingerprint density at radius 2 is 2.17 bits per heavy atom. The molecule has 6 heteroatoms. The standard InChI is InChI=1S/C18H14ClN3O2/c1-11-14-6-5-12(8-18(23)24)7-17(14)22(21-11)10-15-13(9-20)3-2-4-16(15)19/h2-7H,8,10H2,1H3,(H,23,24)/p-1. The molecule has 0 saturated carbocycles. The highest BCUT2D eigenvalue weighted by Crippen LogP contribution is 2.25. The molecular weight excluding hydrogens is 326 g/mol. The van der Waals surface area contributed by atoms with Gasteiger partial charge in [-0.2, -0.15) is 10.4 Å². The quantitative estimate of drug-likeness (QED) is 0.730. The number of nitriles is 1. The molecule has 0 spiro atoms. The number of carboxylic acids is 1. The Morgan fingerprint density at radius 3 is 2.88 bits per heavy atom. The van der Waals surface area contributed by atoms with Crippen molar-refractivity contribution in [1.29, 1.82) is 5.26 Å². The third-order valence-electron chi connectivity index (χ3n) is 3.90. The molecule has 2 aromatic carbocycles. The third-order valence-corrected chi connectivity index (χ3v) is 4.25. The van der Waals surface area contributed by atoms with Crippen LogP contribution in [0, 0.1) is 18.3 Å². The first-order valence-electron chi connectivity index (χ1n) is 7.33. The predicted molar refractivity (Wildman–Crippen MR) is 88.5 cm³/mol. The highest BCUT2D eigenvalue weighted by atomic mass is 35.5. The molecule has 120 valence electrons. The second-order valence-electron chi connectivity index (χ2n) is 5.52. The molecule has 0 aliphatic rings. The zero-order chi connectivity index (χ0) is 17.3. The van der Waals surface area contributed by atoms with E-state index in [4.69, 9.17) is 11.6 Å². The summed E-state index contributed by atoms with van der Waals surface area (Å²) < 4.78 is 1.74. The molecule has 0 unspecified atom stereocenters. The van der Waals surface area contributed by atoms with Gasteiger partial charge >= 0.3 is 0 Å². The molecule has 0 radical (unpaired) electrons. The van der Waals surface area contributed by atoms with E-state index < -0.39 is 5.97 Å². The van der Waals surface area contributed by atoms with Crippen LogP contribution < -0.4 is 5.11 Å². The van der Waals surface area contributed by atoms with Crippen molar-refractivity contribution in [3.8, 4) is 6.07 Å². The summed E-state index contributed by atoms with van der Waals surface area (Å²) in [6.07, 6.45) is -0.157. The van der Waals surface area contributed by atoms with Gasteiger partial charge in [0.2, 0.25) is 0 Å². The fourth-order valence-corrected chi connectivity index (χ4v) is 2.99. The molecule has 3 aromatic rings. The fourth-order valence-electron chi connectivity index (χ4n) is 2.76.